The van der Waals surface area contributed by atoms with E-state index in [0.717, 1.165) is 6.42 Å². The summed E-state index contributed by atoms with van der Waals surface area (Å²) in [7, 11) is 0. The molecule has 0 unspecified atom stereocenters. The van der Waals surface area contributed by atoms with Crippen molar-refractivity contribution in [2.45, 2.75) is 13.3 Å². The second kappa shape index (κ2) is 10.4. The molecule has 1 fully saturated rings. The number of nitrogens with one attached hydrogen (secondary N) is 3. The van der Waals surface area contributed by atoms with E-state index in [2.05, 4.69) is 16.0 Å². The minimum absolute atomic E-state index is 0.0193. The average Bonchev–Trinajstić information content (AvgIpc) is 2.66. The minimum atomic E-state index is -0.407. The molecular formula is C18H27N5O3. The molecule has 1 aromatic carbocycles. The van der Waals surface area contributed by atoms with Gasteiger partial charge >= 0.3 is 6.03 Å². The summed E-state index contributed by atoms with van der Waals surface area (Å²) in [6.45, 7) is 5.44. The van der Waals surface area contributed by atoms with E-state index in [4.69, 9.17) is 0 Å². The molecule has 0 spiro atoms. The maximum Gasteiger partial charge on any atom is 0.319 e. The van der Waals surface area contributed by atoms with Gasteiger partial charge < -0.3 is 20.9 Å². The van der Waals surface area contributed by atoms with Gasteiger partial charge in [0.1, 0.15) is 0 Å². The lowest BCUT2D eigenvalue weighted by Crippen LogP contribution is -2.53. The van der Waals surface area contributed by atoms with Gasteiger partial charge in [-0.2, -0.15) is 0 Å². The zero-order chi connectivity index (χ0) is 18.8. The van der Waals surface area contributed by atoms with Crippen molar-refractivity contribution in [2.24, 2.45) is 0 Å². The number of nitrogens with zero attached hydrogens (tertiary/aromatic N) is 2. The number of carbonyl (C=O) groups excluding carboxylic acids is 3. The number of para-hydroxylation sites is 1. The second-order valence-electron chi connectivity index (χ2n) is 6.18. The van der Waals surface area contributed by atoms with E-state index in [1.807, 2.05) is 30.0 Å². The quantitative estimate of drug-likeness (QED) is 0.658. The van der Waals surface area contributed by atoms with Gasteiger partial charge in [0.2, 0.25) is 11.8 Å². The van der Waals surface area contributed by atoms with Gasteiger partial charge in [0.25, 0.3) is 0 Å². The molecule has 0 radical (unpaired) electrons. The van der Waals surface area contributed by atoms with Crippen molar-refractivity contribution in [3.05, 3.63) is 30.3 Å². The topological polar surface area (TPSA) is 93.8 Å². The third kappa shape index (κ3) is 6.72. The largest absolute Gasteiger partial charge is 0.355 e. The van der Waals surface area contributed by atoms with Gasteiger partial charge in [-0.3, -0.25) is 14.5 Å². The first-order valence-electron chi connectivity index (χ1n) is 8.95. The molecule has 8 heteroatoms. The number of hydrogen-bond donors (Lipinski definition) is 3. The van der Waals surface area contributed by atoms with Crippen molar-refractivity contribution in [1.82, 2.24) is 20.4 Å². The number of hydrogen-bond acceptors (Lipinski definition) is 4. The maximum absolute atomic E-state index is 12.2. The molecule has 1 aromatic rings. The van der Waals surface area contributed by atoms with E-state index in [0.29, 0.717) is 45.0 Å². The molecule has 142 valence electrons. The van der Waals surface area contributed by atoms with Crippen molar-refractivity contribution in [3.8, 4) is 0 Å². The van der Waals surface area contributed by atoms with E-state index in [1.54, 1.807) is 17.0 Å². The summed E-state index contributed by atoms with van der Waals surface area (Å²) in [5.41, 5.74) is 0.674. The van der Waals surface area contributed by atoms with Crippen molar-refractivity contribution < 1.29 is 14.4 Å². The molecule has 26 heavy (non-hydrogen) atoms. The normalized spacial score (nSPS) is 14.6. The molecule has 0 saturated carbocycles. The highest BCUT2D eigenvalue weighted by Crippen LogP contribution is 2.04. The monoisotopic (exact) mass is 361 g/mol. The van der Waals surface area contributed by atoms with E-state index in [-0.39, 0.29) is 18.4 Å². The van der Waals surface area contributed by atoms with Crippen LogP contribution in [0.4, 0.5) is 10.5 Å². The smallest absolute Gasteiger partial charge is 0.319 e. The second-order valence-corrected chi connectivity index (χ2v) is 6.18. The first-order valence-corrected chi connectivity index (χ1v) is 8.95. The van der Waals surface area contributed by atoms with Crippen LogP contribution in [-0.4, -0.2) is 73.5 Å². The number of urea groups is 1. The van der Waals surface area contributed by atoms with Crippen molar-refractivity contribution >= 4 is 23.5 Å². The Morgan fingerprint density at radius 3 is 2.35 bits per heavy atom. The zero-order valence-corrected chi connectivity index (χ0v) is 15.2. The van der Waals surface area contributed by atoms with Crippen LogP contribution in [0.2, 0.25) is 0 Å². The zero-order valence-electron chi connectivity index (χ0n) is 15.2. The predicted molar refractivity (Wildman–Crippen MR) is 99.8 cm³/mol. The summed E-state index contributed by atoms with van der Waals surface area (Å²) >= 11 is 0. The molecule has 0 aromatic heterocycles. The van der Waals surface area contributed by atoms with Crippen LogP contribution in [0.25, 0.3) is 0 Å². The SMILES string of the molecule is CCCNC(=O)CN1CCN(C(=O)CNC(=O)Nc2ccccc2)CC1. The summed E-state index contributed by atoms with van der Waals surface area (Å²) in [4.78, 5) is 39.5. The fourth-order valence-corrected chi connectivity index (χ4v) is 2.64. The molecule has 3 N–H and O–H groups in total. The van der Waals surface area contributed by atoms with Gasteiger partial charge in [-0.15, -0.1) is 0 Å². The predicted octanol–water partition coefficient (Wildman–Crippen LogP) is 0.479. The minimum Gasteiger partial charge on any atom is -0.355 e. The summed E-state index contributed by atoms with van der Waals surface area (Å²) in [5.74, 6) is -0.103. The lowest BCUT2D eigenvalue weighted by atomic mass is 10.3. The summed E-state index contributed by atoms with van der Waals surface area (Å²) in [5, 5.41) is 8.10. The van der Waals surface area contributed by atoms with Crippen molar-refractivity contribution in [1.29, 1.82) is 0 Å². The molecular weight excluding hydrogens is 334 g/mol. The van der Waals surface area contributed by atoms with Crippen molar-refractivity contribution in [2.75, 3.05) is 51.1 Å². The molecule has 0 aliphatic carbocycles. The number of benzene rings is 1. The number of carbonyl (C=O) groups is 3. The van der Waals surface area contributed by atoms with Crippen LogP contribution in [0.5, 0.6) is 0 Å². The van der Waals surface area contributed by atoms with Gasteiger partial charge in [0.05, 0.1) is 13.1 Å². The highest BCUT2D eigenvalue weighted by molar-refractivity contribution is 5.92. The summed E-state index contributed by atoms with van der Waals surface area (Å²) in [6, 6.07) is 8.65. The molecule has 1 saturated heterocycles. The Morgan fingerprint density at radius 2 is 1.69 bits per heavy atom. The lowest BCUT2D eigenvalue weighted by Gasteiger charge is -2.34. The van der Waals surface area contributed by atoms with Gasteiger partial charge in [-0.05, 0) is 18.6 Å². The van der Waals surface area contributed by atoms with Crippen LogP contribution in [0.1, 0.15) is 13.3 Å². The molecule has 8 nitrogen and oxygen atoms in total. The molecule has 1 aliphatic heterocycles. The number of amides is 4. The Labute approximate surface area is 153 Å². The van der Waals surface area contributed by atoms with Gasteiger partial charge in [-0.1, -0.05) is 25.1 Å². The van der Waals surface area contributed by atoms with Crippen LogP contribution >= 0.6 is 0 Å². The molecule has 2 rings (SSSR count). The Balaban J connectivity index is 1.65. The Hall–Kier alpha value is -2.61. The highest BCUT2D eigenvalue weighted by Gasteiger charge is 2.22. The maximum atomic E-state index is 12.2. The summed E-state index contributed by atoms with van der Waals surface area (Å²) < 4.78 is 0. The van der Waals surface area contributed by atoms with Crippen LogP contribution in [0, 0.1) is 0 Å². The van der Waals surface area contributed by atoms with E-state index in [1.165, 1.54) is 0 Å². The Kier molecular flexibility index (Phi) is 7.88. The third-order valence-corrected chi connectivity index (χ3v) is 4.10. The average molecular weight is 361 g/mol. The van der Waals surface area contributed by atoms with Crippen molar-refractivity contribution in [3.63, 3.8) is 0 Å². The standard InChI is InChI=1S/C18H27N5O3/c1-2-8-19-16(24)14-22-9-11-23(12-10-22)17(25)13-20-18(26)21-15-6-4-3-5-7-15/h3-7H,2,8-14H2,1H3,(H,19,24)(H2,20,21,26). The molecule has 1 heterocycles. The third-order valence-electron chi connectivity index (χ3n) is 4.10. The fourth-order valence-electron chi connectivity index (χ4n) is 2.64. The number of rotatable bonds is 7. The lowest BCUT2D eigenvalue weighted by molar-refractivity contribution is -0.132. The van der Waals surface area contributed by atoms with Crippen LogP contribution in [0.15, 0.2) is 30.3 Å². The molecule has 1 aliphatic rings. The number of piperazine rings is 1. The summed E-state index contributed by atoms with van der Waals surface area (Å²) in [6.07, 6.45) is 0.916. The van der Waals surface area contributed by atoms with Gasteiger partial charge in [-0.25, -0.2) is 4.79 Å². The first-order chi connectivity index (χ1) is 12.6. The molecule has 0 bridgehead atoms. The first kappa shape index (κ1) is 19.7. The van der Waals surface area contributed by atoms with Gasteiger partial charge in [0, 0.05) is 38.4 Å². The molecule has 4 amide bonds. The Bertz CT molecular complexity index is 600. The highest BCUT2D eigenvalue weighted by atomic mass is 16.2. The fraction of sp³-hybridized carbons (Fsp3) is 0.500. The van der Waals surface area contributed by atoms with Gasteiger partial charge in [0.15, 0.2) is 0 Å². The van der Waals surface area contributed by atoms with Crippen LogP contribution in [0.3, 0.4) is 0 Å². The van der Waals surface area contributed by atoms with Crippen LogP contribution < -0.4 is 16.0 Å². The van der Waals surface area contributed by atoms with Crippen LogP contribution in [-0.2, 0) is 9.59 Å². The van der Waals surface area contributed by atoms with E-state index >= 15 is 0 Å². The molecule has 0 atom stereocenters. The number of anilines is 1. The Morgan fingerprint density at radius 1 is 1.00 bits per heavy atom. The van der Waals surface area contributed by atoms with E-state index in [9.17, 15) is 14.4 Å². The van der Waals surface area contributed by atoms with E-state index < -0.39 is 6.03 Å².